The maximum Gasteiger partial charge on any atom is 0.197 e. The molecule has 1 unspecified atom stereocenters. The average molecular weight is 180 g/mol. The molecule has 0 saturated carbocycles. The zero-order chi connectivity index (χ0) is 9.42. The van der Waals surface area contributed by atoms with Gasteiger partial charge in [0.15, 0.2) is 12.0 Å². The summed E-state index contributed by atoms with van der Waals surface area (Å²) in [5.74, 6) is -0.407. The summed E-state index contributed by atoms with van der Waals surface area (Å²) in [4.78, 5) is 11.3. The number of fused-ring (bicyclic) bond motifs is 1. The van der Waals surface area contributed by atoms with E-state index >= 15 is 0 Å². The Kier molecular flexibility index (Phi) is 1.79. The zero-order valence-corrected chi connectivity index (χ0v) is 6.96. The predicted molar refractivity (Wildman–Crippen MR) is 45.7 cm³/mol. The van der Waals surface area contributed by atoms with Gasteiger partial charge >= 0.3 is 0 Å². The number of phenols is 1. The second-order valence-corrected chi connectivity index (χ2v) is 3.17. The van der Waals surface area contributed by atoms with Gasteiger partial charge in [-0.15, -0.1) is 0 Å². The molecular weight excluding hydrogens is 171 g/mol. The van der Waals surface area contributed by atoms with Crippen molar-refractivity contribution in [2.24, 2.45) is 0 Å². The summed E-state index contributed by atoms with van der Waals surface area (Å²) < 4.78 is 13.0. The second kappa shape index (κ2) is 2.83. The summed E-state index contributed by atoms with van der Waals surface area (Å²) in [6.07, 6.45) is -0.771. The first-order valence-electron chi connectivity index (χ1n) is 4.19. The molecule has 13 heavy (non-hydrogen) atoms. The summed E-state index contributed by atoms with van der Waals surface area (Å²) in [5.41, 5.74) is 0.917. The van der Waals surface area contributed by atoms with Gasteiger partial charge in [-0.2, -0.15) is 0 Å². The Hall–Kier alpha value is -1.38. The lowest BCUT2D eigenvalue weighted by Gasteiger charge is -2.18. The van der Waals surface area contributed by atoms with Gasteiger partial charge in [0, 0.05) is 11.1 Å². The third-order valence-electron chi connectivity index (χ3n) is 2.35. The highest BCUT2D eigenvalue weighted by molar-refractivity contribution is 6.02. The number of alkyl halides is 1. The Balaban J connectivity index is 2.55. The molecule has 0 fully saturated rings. The molecule has 1 atom stereocenters. The van der Waals surface area contributed by atoms with Crippen molar-refractivity contribution in [2.75, 3.05) is 0 Å². The van der Waals surface area contributed by atoms with E-state index < -0.39 is 12.0 Å². The molecule has 1 aliphatic carbocycles. The van der Waals surface area contributed by atoms with Crippen LogP contribution in [0.4, 0.5) is 4.39 Å². The number of hydrogen-bond acceptors (Lipinski definition) is 2. The van der Waals surface area contributed by atoms with Crippen molar-refractivity contribution in [1.82, 2.24) is 0 Å². The third-order valence-corrected chi connectivity index (χ3v) is 2.35. The molecule has 0 aliphatic heterocycles. The monoisotopic (exact) mass is 180 g/mol. The van der Waals surface area contributed by atoms with E-state index in [1.165, 1.54) is 6.07 Å². The summed E-state index contributed by atoms with van der Waals surface area (Å²) in [7, 11) is 0. The van der Waals surface area contributed by atoms with Crippen LogP contribution in [0.1, 0.15) is 22.3 Å². The van der Waals surface area contributed by atoms with Crippen LogP contribution in [0.15, 0.2) is 18.2 Å². The first kappa shape index (κ1) is 8.23. The van der Waals surface area contributed by atoms with Crippen LogP contribution in [0.3, 0.4) is 0 Å². The summed E-state index contributed by atoms with van der Waals surface area (Å²) in [6.45, 7) is 0. The van der Waals surface area contributed by atoms with Gasteiger partial charge in [0.05, 0.1) is 0 Å². The lowest BCUT2D eigenvalue weighted by Crippen LogP contribution is -2.23. The molecule has 0 spiro atoms. The fourth-order valence-electron chi connectivity index (χ4n) is 1.64. The van der Waals surface area contributed by atoms with E-state index in [-0.39, 0.29) is 12.2 Å². The second-order valence-electron chi connectivity index (χ2n) is 3.17. The number of carbonyl (C=O) groups is 1. The first-order valence-corrected chi connectivity index (χ1v) is 4.19. The van der Waals surface area contributed by atoms with Crippen molar-refractivity contribution < 1.29 is 14.3 Å². The summed E-state index contributed by atoms with van der Waals surface area (Å²) in [5, 5.41) is 9.39. The molecular formula is C10H9FO2. The van der Waals surface area contributed by atoms with Crippen LogP contribution in [0.2, 0.25) is 0 Å². The minimum absolute atomic E-state index is 0.0951. The molecule has 0 saturated heterocycles. The lowest BCUT2D eigenvalue weighted by molar-refractivity contribution is 0.0855. The minimum Gasteiger partial charge on any atom is -0.508 e. The topological polar surface area (TPSA) is 37.3 Å². The number of rotatable bonds is 0. The molecule has 0 aromatic heterocycles. The Morgan fingerprint density at radius 3 is 3.00 bits per heavy atom. The van der Waals surface area contributed by atoms with Crippen molar-refractivity contribution in [2.45, 2.75) is 19.0 Å². The maximum atomic E-state index is 13.0. The van der Waals surface area contributed by atoms with Gasteiger partial charge < -0.3 is 5.11 Å². The highest BCUT2D eigenvalue weighted by atomic mass is 19.1. The number of hydrogen-bond donors (Lipinski definition) is 1. The number of benzene rings is 1. The largest absolute Gasteiger partial charge is 0.508 e. The Morgan fingerprint density at radius 1 is 1.46 bits per heavy atom. The molecule has 3 heteroatoms. The molecule has 1 aromatic carbocycles. The van der Waals surface area contributed by atoms with Gasteiger partial charge in [-0.05, 0) is 18.9 Å². The molecule has 0 heterocycles. The van der Waals surface area contributed by atoms with Gasteiger partial charge in [0.2, 0.25) is 0 Å². The lowest BCUT2D eigenvalue weighted by atomic mass is 9.89. The molecule has 1 aromatic rings. The van der Waals surface area contributed by atoms with Crippen LogP contribution >= 0.6 is 0 Å². The van der Waals surface area contributed by atoms with Gasteiger partial charge in [-0.25, -0.2) is 4.39 Å². The SMILES string of the molecule is O=C1c2cccc(O)c2CCC1F. The van der Waals surface area contributed by atoms with Gasteiger partial charge in [0.1, 0.15) is 5.75 Å². The van der Waals surface area contributed by atoms with Crippen molar-refractivity contribution in [1.29, 1.82) is 0 Å². The van der Waals surface area contributed by atoms with E-state index in [1.807, 2.05) is 0 Å². The van der Waals surface area contributed by atoms with Crippen LogP contribution in [0.5, 0.6) is 5.75 Å². The molecule has 68 valence electrons. The number of ketones is 1. The van der Waals surface area contributed by atoms with Gasteiger partial charge in [-0.3, -0.25) is 4.79 Å². The molecule has 2 rings (SSSR count). The van der Waals surface area contributed by atoms with Crippen molar-refractivity contribution in [3.8, 4) is 5.75 Å². The van der Waals surface area contributed by atoms with E-state index in [1.54, 1.807) is 12.1 Å². The van der Waals surface area contributed by atoms with Crippen molar-refractivity contribution in [3.05, 3.63) is 29.3 Å². The van der Waals surface area contributed by atoms with E-state index in [0.29, 0.717) is 17.5 Å². The quantitative estimate of drug-likeness (QED) is 0.661. The fourth-order valence-corrected chi connectivity index (χ4v) is 1.64. The van der Waals surface area contributed by atoms with E-state index in [9.17, 15) is 14.3 Å². The van der Waals surface area contributed by atoms with Crippen LogP contribution in [-0.4, -0.2) is 17.1 Å². The van der Waals surface area contributed by atoms with Gasteiger partial charge in [-0.1, -0.05) is 12.1 Å². The van der Waals surface area contributed by atoms with Gasteiger partial charge in [0.25, 0.3) is 0 Å². The van der Waals surface area contributed by atoms with Crippen LogP contribution in [0, 0.1) is 0 Å². The van der Waals surface area contributed by atoms with E-state index in [4.69, 9.17) is 0 Å². The molecule has 1 N–H and O–H groups in total. The fraction of sp³-hybridized carbons (Fsp3) is 0.300. The van der Waals surface area contributed by atoms with Crippen molar-refractivity contribution in [3.63, 3.8) is 0 Å². The maximum absolute atomic E-state index is 13.0. The number of aromatic hydroxyl groups is 1. The average Bonchev–Trinajstić information content (AvgIpc) is 2.12. The van der Waals surface area contributed by atoms with Crippen LogP contribution in [-0.2, 0) is 6.42 Å². The summed E-state index contributed by atoms with van der Waals surface area (Å²) in [6, 6.07) is 4.64. The predicted octanol–water partition coefficient (Wildman–Crippen LogP) is 1.86. The minimum atomic E-state index is -1.39. The Bertz CT molecular complexity index is 360. The molecule has 2 nitrogen and oxygen atoms in total. The smallest absolute Gasteiger partial charge is 0.197 e. The molecule has 1 aliphatic rings. The standard InChI is InChI=1S/C10H9FO2/c11-8-5-4-6-7(10(8)13)2-1-3-9(6)12/h1-3,8,12H,4-5H2. The molecule has 0 bridgehead atoms. The number of carbonyl (C=O) groups excluding carboxylic acids is 1. The Morgan fingerprint density at radius 2 is 2.23 bits per heavy atom. The van der Waals surface area contributed by atoms with Crippen LogP contribution < -0.4 is 0 Å². The molecule has 0 amide bonds. The zero-order valence-electron chi connectivity index (χ0n) is 6.96. The number of Topliss-reactive ketones (excluding diaryl/α,β-unsaturated/α-hetero) is 1. The third kappa shape index (κ3) is 1.20. The summed E-state index contributed by atoms with van der Waals surface area (Å²) >= 11 is 0. The highest BCUT2D eigenvalue weighted by Gasteiger charge is 2.28. The van der Waals surface area contributed by atoms with Crippen molar-refractivity contribution >= 4 is 5.78 Å². The first-order chi connectivity index (χ1) is 6.20. The van der Waals surface area contributed by atoms with E-state index in [0.717, 1.165) is 0 Å². The highest BCUT2D eigenvalue weighted by Crippen LogP contribution is 2.29. The Labute approximate surface area is 75.0 Å². The number of halogens is 1. The number of phenolic OH excluding ortho intramolecular Hbond substituents is 1. The van der Waals surface area contributed by atoms with Crippen LogP contribution in [0.25, 0.3) is 0 Å². The normalized spacial score (nSPS) is 21.3. The molecule has 0 radical (unpaired) electrons. The van der Waals surface area contributed by atoms with E-state index in [2.05, 4.69) is 0 Å².